The minimum absolute atomic E-state index is 0.0540. The average molecular weight is 289 g/mol. The number of carboxylic acids is 1. The third-order valence-electron chi connectivity index (χ3n) is 3.80. The molecule has 0 radical (unpaired) electrons. The second kappa shape index (κ2) is 5.28. The lowest BCUT2D eigenvalue weighted by molar-refractivity contribution is -0.228. The maximum atomic E-state index is 11.4. The molecule has 0 aliphatic carbocycles. The number of aliphatic hydroxyl groups is 2. The molecule has 2 aliphatic heterocycles. The largest absolute Gasteiger partial charge is 0.477 e. The molecule has 2 fully saturated rings. The Kier molecular flexibility index (Phi) is 4.01. The van der Waals surface area contributed by atoms with E-state index in [4.69, 9.17) is 14.6 Å². The zero-order chi connectivity index (χ0) is 15.1. The summed E-state index contributed by atoms with van der Waals surface area (Å²) in [5.74, 6) is -3.58. The fourth-order valence-electron chi connectivity index (χ4n) is 2.90. The van der Waals surface area contributed by atoms with Crippen LogP contribution in [-0.4, -0.2) is 63.9 Å². The molecule has 2 aliphatic rings. The number of aliphatic hydroxyl groups excluding tert-OH is 2. The number of carbonyl (C=O) groups is 2. The van der Waals surface area contributed by atoms with Gasteiger partial charge in [-0.1, -0.05) is 6.92 Å². The van der Waals surface area contributed by atoms with Gasteiger partial charge in [0.05, 0.1) is 12.6 Å². The van der Waals surface area contributed by atoms with Crippen molar-refractivity contribution >= 4 is 11.9 Å². The van der Waals surface area contributed by atoms with E-state index in [2.05, 4.69) is 5.32 Å². The van der Waals surface area contributed by atoms with Gasteiger partial charge in [0.15, 0.2) is 0 Å². The Morgan fingerprint density at radius 2 is 2.10 bits per heavy atom. The highest BCUT2D eigenvalue weighted by atomic mass is 16.8. The molecule has 2 heterocycles. The van der Waals surface area contributed by atoms with Gasteiger partial charge < -0.3 is 30.1 Å². The fourth-order valence-corrected chi connectivity index (χ4v) is 2.90. The van der Waals surface area contributed by atoms with Gasteiger partial charge in [-0.25, -0.2) is 4.79 Å². The van der Waals surface area contributed by atoms with Crippen molar-refractivity contribution in [1.82, 2.24) is 5.32 Å². The Morgan fingerprint density at radius 1 is 1.45 bits per heavy atom. The SMILES string of the molecule is CC(=O)NC1C2O[C@@](C(=O)O)(C[C@H]1C)OC2[C@H](O)CO. The van der Waals surface area contributed by atoms with Crippen LogP contribution in [0.25, 0.3) is 0 Å². The van der Waals surface area contributed by atoms with Crippen LogP contribution in [0, 0.1) is 5.92 Å². The summed E-state index contributed by atoms with van der Waals surface area (Å²) in [6.07, 6.45) is -3.04. The molecule has 0 spiro atoms. The number of ether oxygens (including phenoxy) is 2. The van der Waals surface area contributed by atoms with Crippen molar-refractivity contribution < 1.29 is 34.4 Å². The first-order valence-corrected chi connectivity index (χ1v) is 6.46. The van der Waals surface area contributed by atoms with Gasteiger partial charge in [-0.3, -0.25) is 4.79 Å². The second-order valence-electron chi connectivity index (χ2n) is 5.38. The highest BCUT2D eigenvalue weighted by Crippen LogP contribution is 2.44. The Bertz CT molecular complexity index is 415. The minimum atomic E-state index is -1.82. The Labute approximate surface area is 115 Å². The summed E-state index contributed by atoms with van der Waals surface area (Å²) in [5, 5.41) is 30.8. The van der Waals surface area contributed by atoms with E-state index in [1.807, 2.05) is 0 Å². The van der Waals surface area contributed by atoms with Crippen LogP contribution in [0.1, 0.15) is 20.3 Å². The number of aliphatic carboxylic acids is 1. The summed E-state index contributed by atoms with van der Waals surface area (Å²) < 4.78 is 10.8. The molecule has 0 saturated carbocycles. The molecule has 2 bridgehead atoms. The minimum Gasteiger partial charge on any atom is -0.477 e. The van der Waals surface area contributed by atoms with E-state index in [0.29, 0.717) is 0 Å². The van der Waals surface area contributed by atoms with Crippen LogP contribution < -0.4 is 5.32 Å². The van der Waals surface area contributed by atoms with Crippen molar-refractivity contribution in [3.8, 4) is 0 Å². The molecule has 3 unspecified atom stereocenters. The molecule has 114 valence electrons. The van der Waals surface area contributed by atoms with E-state index in [0.717, 1.165) is 0 Å². The van der Waals surface area contributed by atoms with E-state index < -0.39 is 42.7 Å². The van der Waals surface area contributed by atoms with Crippen molar-refractivity contribution in [2.24, 2.45) is 5.92 Å². The summed E-state index contributed by atoms with van der Waals surface area (Å²) in [6.45, 7) is 2.55. The maximum absolute atomic E-state index is 11.4. The summed E-state index contributed by atoms with van der Waals surface area (Å²) in [6, 6.07) is -0.478. The van der Waals surface area contributed by atoms with E-state index in [9.17, 15) is 19.8 Å². The zero-order valence-corrected chi connectivity index (χ0v) is 11.3. The summed E-state index contributed by atoms with van der Waals surface area (Å²) in [7, 11) is 0. The first kappa shape index (κ1) is 15.2. The first-order chi connectivity index (χ1) is 9.30. The van der Waals surface area contributed by atoms with Crippen molar-refractivity contribution in [3.05, 3.63) is 0 Å². The van der Waals surface area contributed by atoms with E-state index in [-0.39, 0.29) is 18.2 Å². The molecule has 2 saturated heterocycles. The average Bonchev–Trinajstić information content (AvgIpc) is 2.70. The van der Waals surface area contributed by atoms with Crippen molar-refractivity contribution in [2.45, 2.75) is 50.4 Å². The van der Waals surface area contributed by atoms with Gasteiger partial charge in [-0.05, 0) is 5.92 Å². The predicted octanol–water partition coefficient (Wildman–Crippen LogP) is -1.55. The van der Waals surface area contributed by atoms with Crippen molar-refractivity contribution in [2.75, 3.05) is 6.61 Å². The molecule has 2 rings (SSSR count). The van der Waals surface area contributed by atoms with Gasteiger partial charge in [0.2, 0.25) is 5.91 Å². The first-order valence-electron chi connectivity index (χ1n) is 6.46. The van der Waals surface area contributed by atoms with Gasteiger partial charge in [-0.15, -0.1) is 0 Å². The number of nitrogens with one attached hydrogen (secondary N) is 1. The Balaban J connectivity index is 2.30. The molecule has 0 aromatic rings. The van der Waals surface area contributed by atoms with Crippen molar-refractivity contribution in [1.29, 1.82) is 0 Å². The van der Waals surface area contributed by atoms with Gasteiger partial charge in [0.1, 0.15) is 18.3 Å². The molecular weight excluding hydrogens is 270 g/mol. The van der Waals surface area contributed by atoms with Crippen LogP contribution in [0.2, 0.25) is 0 Å². The topological polar surface area (TPSA) is 125 Å². The monoisotopic (exact) mass is 289 g/mol. The van der Waals surface area contributed by atoms with E-state index in [1.165, 1.54) is 6.92 Å². The van der Waals surface area contributed by atoms with Crippen LogP contribution in [-0.2, 0) is 19.1 Å². The Morgan fingerprint density at radius 3 is 2.60 bits per heavy atom. The van der Waals surface area contributed by atoms with Gasteiger partial charge in [0.25, 0.3) is 5.79 Å². The highest BCUT2D eigenvalue weighted by Gasteiger charge is 2.62. The second-order valence-corrected chi connectivity index (χ2v) is 5.38. The lowest BCUT2D eigenvalue weighted by Crippen LogP contribution is -2.57. The molecule has 8 nitrogen and oxygen atoms in total. The van der Waals surface area contributed by atoms with Crippen LogP contribution in [0.15, 0.2) is 0 Å². The van der Waals surface area contributed by atoms with Crippen molar-refractivity contribution in [3.63, 3.8) is 0 Å². The number of rotatable bonds is 4. The molecule has 0 aromatic heterocycles. The highest BCUT2D eigenvalue weighted by molar-refractivity contribution is 5.77. The lowest BCUT2D eigenvalue weighted by atomic mass is 9.85. The third kappa shape index (κ3) is 2.39. The number of hydrogen-bond donors (Lipinski definition) is 4. The Hall–Kier alpha value is -1.22. The fraction of sp³-hybridized carbons (Fsp3) is 0.833. The number of carboxylic acid groups (broad SMARTS) is 1. The standard InChI is InChI=1S/C12H19NO7/c1-5-3-12(11(17)18)19-9(7(16)4-14)10(20-12)8(5)13-6(2)15/h5,7-10,14,16H,3-4H2,1-2H3,(H,13,15)(H,17,18)/t5-,7-,8?,9?,10?,12-/m1/s1. The lowest BCUT2D eigenvalue weighted by Gasteiger charge is -2.38. The quantitative estimate of drug-likeness (QED) is 0.493. The number of fused-ring (bicyclic) bond motifs is 2. The van der Waals surface area contributed by atoms with E-state index in [1.54, 1.807) is 6.92 Å². The molecule has 6 atom stereocenters. The van der Waals surface area contributed by atoms with Crippen LogP contribution in [0.4, 0.5) is 0 Å². The van der Waals surface area contributed by atoms with Gasteiger partial charge in [-0.2, -0.15) is 0 Å². The van der Waals surface area contributed by atoms with Crippen LogP contribution >= 0.6 is 0 Å². The summed E-state index contributed by atoms with van der Waals surface area (Å²) in [4.78, 5) is 22.6. The zero-order valence-electron chi connectivity index (χ0n) is 11.3. The molecule has 20 heavy (non-hydrogen) atoms. The van der Waals surface area contributed by atoms with Gasteiger partial charge in [0, 0.05) is 13.3 Å². The number of carbonyl (C=O) groups excluding carboxylic acids is 1. The van der Waals surface area contributed by atoms with Gasteiger partial charge >= 0.3 is 5.97 Å². The number of amides is 1. The molecular formula is C12H19NO7. The maximum Gasteiger partial charge on any atom is 0.364 e. The van der Waals surface area contributed by atoms with Crippen LogP contribution in [0.3, 0.4) is 0 Å². The molecule has 0 aromatic carbocycles. The molecule has 1 amide bonds. The molecule has 4 N–H and O–H groups in total. The molecule has 8 heteroatoms. The predicted molar refractivity (Wildman–Crippen MR) is 64.6 cm³/mol. The number of hydrogen-bond acceptors (Lipinski definition) is 6. The van der Waals surface area contributed by atoms with E-state index >= 15 is 0 Å². The normalized spacial score (nSPS) is 41.2. The summed E-state index contributed by atoms with van der Waals surface area (Å²) >= 11 is 0. The summed E-state index contributed by atoms with van der Waals surface area (Å²) in [5.41, 5.74) is 0. The third-order valence-corrected chi connectivity index (χ3v) is 3.80. The van der Waals surface area contributed by atoms with Crippen LogP contribution in [0.5, 0.6) is 0 Å². The smallest absolute Gasteiger partial charge is 0.364 e.